The van der Waals surface area contributed by atoms with Crippen molar-refractivity contribution in [1.82, 2.24) is 14.9 Å². The Morgan fingerprint density at radius 3 is 2.67 bits per heavy atom. The Kier molecular flexibility index (Phi) is 4.43. The molecule has 0 fully saturated rings. The van der Waals surface area contributed by atoms with Crippen molar-refractivity contribution < 1.29 is 23.4 Å². The van der Waals surface area contributed by atoms with Gasteiger partial charge in [-0.25, -0.2) is 17.9 Å². The van der Waals surface area contributed by atoms with Crippen LogP contribution in [0.25, 0.3) is 0 Å². The molecule has 0 bridgehead atoms. The van der Waals surface area contributed by atoms with Gasteiger partial charge < -0.3 is 10.2 Å². The zero-order valence-corrected chi connectivity index (χ0v) is 10.7. The standard InChI is InChI=1S/C9H15N3O5S/c1-5(4-13)6(2)12-18(16,17)8-7(9(14)15)3-10-11-8/h3,5-6,12-13H,4H2,1-2H3,(H,10,11)(H,14,15). The molecule has 2 unspecified atom stereocenters. The highest BCUT2D eigenvalue weighted by molar-refractivity contribution is 7.89. The number of aromatic nitrogens is 2. The molecule has 0 saturated carbocycles. The minimum absolute atomic E-state index is 0.182. The summed E-state index contributed by atoms with van der Waals surface area (Å²) in [6.07, 6.45) is 0.928. The number of aromatic carboxylic acids is 1. The van der Waals surface area contributed by atoms with Crippen molar-refractivity contribution in [3.8, 4) is 0 Å². The van der Waals surface area contributed by atoms with Crippen molar-refractivity contribution in [1.29, 1.82) is 0 Å². The number of hydrogen-bond acceptors (Lipinski definition) is 5. The van der Waals surface area contributed by atoms with Gasteiger partial charge in [0.15, 0.2) is 5.03 Å². The lowest BCUT2D eigenvalue weighted by Crippen LogP contribution is -2.38. The van der Waals surface area contributed by atoms with Gasteiger partial charge in [-0.1, -0.05) is 6.92 Å². The van der Waals surface area contributed by atoms with Crippen LogP contribution in [0.5, 0.6) is 0 Å². The molecule has 0 aliphatic rings. The van der Waals surface area contributed by atoms with Crippen molar-refractivity contribution in [2.75, 3.05) is 6.61 Å². The molecule has 0 saturated heterocycles. The maximum absolute atomic E-state index is 11.9. The molecule has 1 aromatic rings. The van der Waals surface area contributed by atoms with Gasteiger partial charge in [0.25, 0.3) is 10.0 Å². The van der Waals surface area contributed by atoms with E-state index in [9.17, 15) is 13.2 Å². The molecular formula is C9H15N3O5S. The Morgan fingerprint density at radius 2 is 2.17 bits per heavy atom. The molecule has 1 heterocycles. The van der Waals surface area contributed by atoms with Gasteiger partial charge in [-0.2, -0.15) is 5.10 Å². The molecule has 9 heteroatoms. The molecule has 8 nitrogen and oxygen atoms in total. The number of carboxylic acids is 1. The van der Waals surface area contributed by atoms with E-state index in [0.717, 1.165) is 6.20 Å². The van der Waals surface area contributed by atoms with Crippen molar-refractivity contribution in [2.24, 2.45) is 5.92 Å². The van der Waals surface area contributed by atoms with Crippen LogP contribution in [0.3, 0.4) is 0 Å². The lowest BCUT2D eigenvalue weighted by atomic mass is 10.1. The van der Waals surface area contributed by atoms with E-state index in [0.29, 0.717) is 0 Å². The van der Waals surface area contributed by atoms with E-state index >= 15 is 0 Å². The molecule has 2 atom stereocenters. The minimum atomic E-state index is -4.01. The SMILES string of the molecule is CC(CO)C(C)NS(=O)(=O)c1[nH]ncc1C(=O)O. The van der Waals surface area contributed by atoms with Gasteiger partial charge in [0.05, 0.1) is 6.20 Å². The molecule has 0 amide bonds. The number of nitrogens with zero attached hydrogens (tertiary/aromatic N) is 1. The van der Waals surface area contributed by atoms with E-state index in [1.807, 2.05) is 0 Å². The summed E-state index contributed by atoms with van der Waals surface area (Å²) in [4.78, 5) is 10.8. The zero-order chi connectivity index (χ0) is 13.9. The Hall–Kier alpha value is -1.45. The van der Waals surface area contributed by atoms with Crippen LogP contribution in [0.4, 0.5) is 0 Å². The molecule has 1 aromatic heterocycles. The number of carbonyl (C=O) groups is 1. The summed E-state index contributed by atoms with van der Waals surface area (Å²) in [7, 11) is -4.01. The Labute approximate surface area is 104 Å². The lowest BCUT2D eigenvalue weighted by molar-refractivity contribution is 0.0692. The Bertz CT molecular complexity index is 524. The second-order valence-electron chi connectivity index (χ2n) is 3.99. The topological polar surface area (TPSA) is 132 Å². The van der Waals surface area contributed by atoms with Crippen LogP contribution in [0, 0.1) is 5.92 Å². The molecular weight excluding hydrogens is 262 g/mol. The van der Waals surface area contributed by atoms with E-state index in [4.69, 9.17) is 10.2 Å². The van der Waals surface area contributed by atoms with Crippen LogP contribution in [-0.4, -0.2) is 47.4 Å². The maximum atomic E-state index is 11.9. The van der Waals surface area contributed by atoms with Crippen LogP contribution in [0.15, 0.2) is 11.2 Å². The van der Waals surface area contributed by atoms with Crippen LogP contribution in [0.1, 0.15) is 24.2 Å². The predicted octanol–water partition coefficient (Wildman–Crippen LogP) is -0.597. The average Bonchev–Trinajstić information content (AvgIpc) is 2.76. The predicted molar refractivity (Wildman–Crippen MR) is 61.6 cm³/mol. The third-order valence-corrected chi connectivity index (χ3v) is 4.12. The molecule has 0 aromatic carbocycles. The fourth-order valence-electron chi connectivity index (χ4n) is 1.21. The van der Waals surface area contributed by atoms with Crippen LogP contribution < -0.4 is 4.72 Å². The van der Waals surface area contributed by atoms with E-state index in [1.165, 1.54) is 0 Å². The monoisotopic (exact) mass is 277 g/mol. The van der Waals surface area contributed by atoms with E-state index in [-0.39, 0.29) is 12.5 Å². The summed E-state index contributed by atoms with van der Waals surface area (Å²) in [6, 6.07) is -0.537. The smallest absolute Gasteiger partial charge is 0.340 e. The number of nitrogens with one attached hydrogen (secondary N) is 2. The highest BCUT2D eigenvalue weighted by Gasteiger charge is 2.27. The molecule has 102 valence electrons. The number of carboxylic acid groups (broad SMARTS) is 1. The van der Waals surface area contributed by atoms with Crippen molar-refractivity contribution in [3.05, 3.63) is 11.8 Å². The van der Waals surface area contributed by atoms with Crippen LogP contribution >= 0.6 is 0 Å². The lowest BCUT2D eigenvalue weighted by Gasteiger charge is -2.18. The maximum Gasteiger partial charge on any atom is 0.340 e. The summed E-state index contributed by atoms with van der Waals surface area (Å²) in [5, 5.41) is 22.8. The average molecular weight is 277 g/mol. The fraction of sp³-hybridized carbons (Fsp3) is 0.556. The van der Waals surface area contributed by atoms with Gasteiger partial charge in [0, 0.05) is 12.6 Å². The fourth-order valence-corrected chi connectivity index (χ4v) is 2.65. The van der Waals surface area contributed by atoms with E-state index in [1.54, 1.807) is 13.8 Å². The van der Waals surface area contributed by atoms with E-state index < -0.39 is 32.6 Å². The molecule has 0 spiro atoms. The number of hydrogen-bond donors (Lipinski definition) is 4. The molecule has 0 aliphatic carbocycles. The summed E-state index contributed by atoms with van der Waals surface area (Å²) < 4.78 is 26.1. The second-order valence-corrected chi connectivity index (χ2v) is 5.64. The molecule has 4 N–H and O–H groups in total. The third kappa shape index (κ3) is 3.06. The zero-order valence-electron chi connectivity index (χ0n) is 9.91. The van der Waals surface area contributed by atoms with Crippen LogP contribution in [-0.2, 0) is 10.0 Å². The van der Waals surface area contributed by atoms with Crippen molar-refractivity contribution in [2.45, 2.75) is 24.9 Å². The summed E-state index contributed by atoms with van der Waals surface area (Å²) in [5.41, 5.74) is -0.425. The molecule has 0 aliphatic heterocycles. The second kappa shape index (κ2) is 5.46. The minimum Gasteiger partial charge on any atom is -0.478 e. The molecule has 1 rings (SSSR count). The van der Waals surface area contributed by atoms with Gasteiger partial charge in [-0.3, -0.25) is 5.10 Å². The van der Waals surface area contributed by atoms with Gasteiger partial charge >= 0.3 is 5.97 Å². The van der Waals surface area contributed by atoms with Gasteiger partial charge in [-0.05, 0) is 12.8 Å². The first-order valence-electron chi connectivity index (χ1n) is 5.19. The quantitative estimate of drug-likeness (QED) is 0.549. The number of aromatic amines is 1. The number of rotatable bonds is 6. The number of sulfonamides is 1. The van der Waals surface area contributed by atoms with Crippen LogP contribution in [0.2, 0.25) is 0 Å². The summed E-state index contributed by atoms with van der Waals surface area (Å²) in [6.45, 7) is 3.06. The first-order chi connectivity index (χ1) is 8.29. The number of aliphatic hydroxyl groups excluding tert-OH is 1. The summed E-state index contributed by atoms with van der Waals surface area (Å²) in [5.74, 6) is -1.68. The Morgan fingerprint density at radius 1 is 1.56 bits per heavy atom. The van der Waals surface area contributed by atoms with Crippen molar-refractivity contribution in [3.63, 3.8) is 0 Å². The summed E-state index contributed by atoms with van der Waals surface area (Å²) >= 11 is 0. The number of aliphatic hydroxyl groups is 1. The largest absolute Gasteiger partial charge is 0.478 e. The normalized spacial score (nSPS) is 15.3. The van der Waals surface area contributed by atoms with Gasteiger partial charge in [0.2, 0.25) is 0 Å². The molecule has 18 heavy (non-hydrogen) atoms. The van der Waals surface area contributed by atoms with Gasteiger partial charge in [0.1, 0.15) is 5.56 Å². The Balaban J connectivity index is 3.00. The van der Waals surface area contributed by atoms with Crippen molar-refractivity contribution >= 4 is 16.0 Å². The first-order valence-corrected chi connectivity index (χ1v) is 6.67. The highest BCUT2D eigenvalue weighted by Crippen LogP contribution is 2.13. The number of H-pyrrole nitrogens is 1. The first kappa shape index (κ1) is 14.6. The highest BCUT2D eigenvalue weighted by atomic mass is 32.2. The third-order valence-electron chi connectivity index (χ3n) is 2.59. The molecule has 0 radical (unpaired) electrons. The van der Waals surface area contributed by atoms with E-state index in [2.05, 4.69) is 14.9 Å². The van der Waals surface area contributed by atoms with Gasteiger partial charge in [-0.15, -0.1) is 0 Å².